The van der Waals surface area contributed by atoms with Gasteiger partial charge in [0.1, 0.15) is 0 Å². The van der Waals surface area contributed by atoms with Gasteiger partial charge in [0, 0.05) is 30.0 Å². The fourth-order valence-electron chi connectivity index (χ4n) is 3.44. The minimum absolute atomic E-state index is 0.0881. The summed E-state index contributed by atoms with van der Waals surface area (Å²) in [6, 6.07) is 22.5. The number of rotatable bonds is 7. The molecule has 0 aliphatic heterocycles. The average molecular weight is 375 g/mol. The van der Waals surface area contributed by atoms with E-state index in [-0.39, 0.29) is 11.9 Å². The molecule has 0 saturated carbocycles. The van der Waals surface area contributed by atoms with Gasteiger partial charge in [-0.05, 0) is 49.6 Å². The van der Waals surface area contributed by atoms with E-state index in [0.717, 1.165) is 17.8 Å². The fourth-order valence-corrected chi connectivity index (χ4v) is 3.44. The van der Waals surface area contributed by atoms with E-state index in [1.807, 2.05) is 35.2 Å². The molecule has 3 aromatic rings. The molecule has 3 nitrogen and oxygen atoms in total. The normalized spacial score (nSPS) is 12.2. The molecule has 0 bridgehead atoms. The second-order valence-electron chi connectivity index (χ2n) is 7.90. The van der Waals surface area contributed by atoms with Gasteiger partial charge in [0.05, 0.1) is 6.54 Å². The molecule has 0 aliphatic carbocycles. The highest BCUT2D eigenvalue weighted by Gasteiger charge is 2.24. The lowest BCUT2D eigenvalue weighted by Crippen LogP contribution is -2.41. The van der Waals surface area contributed by atoms with E-state index in [2.05, 4.69) is 74.9 Å². The number of nitrogens with zero attached hydrogens (tertiary/aromatic N) is 2. The molecule has 3 heteroatoms. The molecule has 0 saturated heterocycles. The summed E-state index contributed by atoms with van der Waals surface area (Å²) in [4.78, 5) is 15.2. The van der Waals surface area contributed by atoms with E-state index in [1.54, 1.807) is 0 Å². The summed E-state index contributed by atoms with van der Waals surface area (Å²) in [5.41, 5.74) is 4.43. The SMILES string of the molecule is Cc1cccc(Cn2cccc2CN(C(=O)c2ccccc2)[C@H](C)C(C)C)c1. The highest BCUT2D eigenvalue weighted by Crippen LogP contribution is 2.19. The van der Waals surface area contributed by atoms with Crippen LogP contribution < -0.4 is 0 Å². The zero-order valence-corrected chi connectivity index (χ0v) is 17.3. The zero-order valence-electron chi connectivity index (χ0n) is 17.3. The maximum Gasteiger partial charge on any atom is 0.254 e. The molecular weight excluding hydrogens is 344 g/mol. The van der Waals surface area contributed by atoms with Crippen molar-refractivity contribution in [2.24, 2.45) is 5.92 Å². The van der Waals surface area contributed by atoms with Gasteiger partial charge in [-0.15, -0.1) is 0 Å². The maximum atomic E-state index is 13.2. The van der Waals surface area contributed by atoms with Gasteiger partial charge in [-0.2, -0.15) is 0 Å². The highest BCUT2D eigenvalue weighted by molar-refractivity contribution is 5.94. The Morgan fingerprint density at radius 2 is 1.71 bits per heavy atom. The number of carbonyl (C=O) groups excluding carboxylic acids is 1. The van der Waals surface area contributed by atoms with Crippen molar-refractivity contribution in [3.05, 3.63) is 95.3 Å². The lowest BCUT2D eigenvalue weighted by molar-refractivity contribution is 0.0622. The van der Waals surface area contributed by atoms with E-state index in [9.17, 15) is 4.79 Å². The van der Waals surface area contributed by atoms with Crippen molar-refractivity contribution in [2.75, 3.05) is 0 Å². The van der Waals surface area contributed by atoms with Crippen LogP contribution in [0.25, 0.3) is 0 Å². The summed E-state index contributed by atoms with van der Waals surface area (Å²) >= 11 is 0. The van der Waals surface area contributed by atoms with Crippen molar-refractivity contribution in [2.45, 2.75) is 46.8 Å². The van der Waals surface area contributed by atoms with Crippen LogP contribution in [0.15, 0.2) is 72.9 Å². The molecule has 0 fully saturated rings. The predicted molar refractivity (Wildman–Crippen MR) is 115 cm³/mol. The van der Waals surface area contributed by atoms with Crippen LogP contribution in [0.3, 0.4) is 0 Å². The highest BCUT2D eigenvalue weighted by atomic mass is 16.2. The monoisotopic (exact) mass is 374 g/mol. The van der Waals surface area contributed by atoms with E-state index >= 15 is 0 Å². The summed E-state index contributed by atoms with van der Waals surface area (Å²) < 4.78 is 2.24. The third kappa shape index (κ3) is 4.72. The summed E-state index contributed by atoms with van der Waals surface area (Å²) in [5, 5.41) is 0. The second-order valence-corrected chi connectivity index (χ2v) is 7.90. The average Bonchev–Trinajstić information content (AvgIpc) is 3.12. The Balaban J connectivity index is 1.85. The molecule has 0 radical (unpaired) electrons. The smallest absolute Gasteiger partial charge is 0.254 e. The van der Waals surface area contributed by atoms with Crippen molar-refractivity contribution in [3.63, 3.8) is 0 Å². The Morgan fingerprint density at radius 3 is 2.39 bits per heavy atom. The number of hydrogen-bond acceptors (Lipinski definition) is 1. The van der Waals surface area contributed by atoms with Crippen molar-refractivity contribution in [3.8, 4) is 0 Å². The minimum Gasteiger partial charge on any atom is -0.345 e. The Kier molecular flexibility index (Phi) is 6.35. The molecule has 0 spiro atoms. The Bertz CT molecular complexity index is 911. The van der Waals surface area contributed by atoms with Gasteiger partial charge in [0.25, 0.3) is 5.91 Å². The topological polar surface area (TPSA) is 25.2 Å². The van der Waals surface area contributed by atoms with Crippen molar-refractivity contribution in [1.82, 2.24) is 9.47 Å². The first-order valence-electron chi connectivity index (χ1n) is 10.0. The van der Waals surface area contributed by atoms with E-state index in [4.69, 9.17) is 0 Å². The van der Waals surface area contributed by atoms with Crippen LogP contribution in [0, 0.1) is 12.8 Å². The van der Waals surface area contributed by atoms with Crippen LogP contribution in [-0.2, 0) is 13.1 Å². The van der Waals surface area contributed by atoms with Gasteiger partial charge in [-0.25, -0.2) is 0 Å². The van der Waals surface area contributed by atoms with E-state index in [1.165, 1.54) is 11.1 Å². The third-order valence-electron chi connectivity index (χ3n) is 5.43. The van der Waals surface area contributed by atoms with Crippen LogP contribution >= 0.6 is 0 Å². The van der Waals surface area contributed by atoms with Crippen molar-refractivity contribution in [1.29, 1.82) is 0 Å². The van der Waals surface area contributed by atoms with Gasteiger partial charge < -0.3 is 9.47 Å². The quantitative estimate of drug-likeness (QED) is 0.534. The lowest BCUT2D eigenvalue weighted by Gasteiger charge is -2.32. The third-order valence-corrected chi connectivity index (χ3v) is 5.43. The number of hydrogen-bond donors (Lipinski definition) is 0. The van der Waals surface area contributed by atoms with Crippen molar-refractivity contribution < 1.29 is 4.79 Å². The predicted octanol–water partition coefficient (Wildman–Crippen LogP) is 5.53. The molecule has 3 rings (SSSR count). The molecule has 2 aromatic carbocycles. The van der Waals surface area contributed by atoms with E-state index in [0.29, 0.717) is 12.5 Å². The fraction of sp³-hybridized carbons (Fsp3) is 0.320. The van der Waals surface area contributed by atoms with Crippen LogP contribution in [0.5, 0.6) is 0 Å². The molecule has 0 aliphatic rings. The number of aryl methyl sites for hydroxylation is 1. The van der Waals surface area contributed by atoms with Crippen LogP contribution in [0.1, 0.15) is 48.0 Å². The maximum absolute atomic E-state index is 13.2. The Morgan fingerprint density at radius 1 is 0.964 bits per heavy atom. The second kappa shape index (κ2) is 8.92. The lowest BCUT2D eigenvalue weighted by atomic mass is 10.0. The van der Waals surface area contributed by atoms with E-state index < -0.39 is 0 Å². The van der Waals surface area contributed by atoms with Crippen LogP contribution in [0.2, 0.25) is 0 Å². The number of benzene rings is 2. The molecule has 146 valence electrons. The number of carbonyl (C=O) groups is 1. The first-order chi connectivity index (χ1) is 13.5. The van der Waals surface area contributed by atoms with Gasteiger partial charge in [-0.3, -0.25) is 4.79 Å². The molecular formula is C25H30N2O. The molecule has 1 amide bonds. The standard InChI is InChI=1S/C25H30N2O/c1-19(2)21(4)27(25(28)23-12-6-5-7-13-23)18-24-14-9-15-26(24)17-22-11-8-10-20(3)16-22/h5-16,19,21H,17-18H2,1-4H3/t21-/m1/s1. The zero-order chi connectivity index (χ0) is 20.1. The molecule has 1 aromatic heterocycles. The van der Waals surface area contributed by atoms with Crippen molar-refractivity contribution >= 4 is 5.91 Å². The van der Waals surface area contributed by atoms with Gasteiger partial charge in [0.2, 0.25) is 0 Å². The van der Waals surface area contributed by atoms with Crippen LogP contribution in [-0.4, -0.2) is 21.4 Å². The first kappa shape index (κ1) is 19.9. The summed E-state index contributed by atoms with van der Waals surface area (Å²) in [6.45, 7) is 10.0. The first-order valence-corrected chi connectivity index (χ1v) is 10.0. The summed E-state index contributed by atoms with van der Waals surface area (Å²) in [6.07, 6.45) is 2.10. The van der Waals surface area contributed by atoms with Gasteiger partial charge >= 0.3 is 0 Å². The minimum atomic E-state index is 0.0881. The van der Waals surface area contributed by atoms with Gasteiger partial charge in [0.15, 0.2) is 0 Å². The summed E-state index contributed by atoms with van der Waals surface area (Å²) in [5.74, 6) is 0.470. The number of aromatic nitrogens is 1. The molecule has 28 heavy (non-hydrogen) atoms. The molecule has 1 heterocycles. The molecule has 0 unspecified atom stereocenters. The largest absolute Gasteiger partial charge is 0.345 e. The van der Waals surface area contributed by atoms with Crippen LogP contribution in [0.4, 0.5) is 0 Å². The Hall–Kier alpha value is -2.81. The summed E-state index contributed by atoms with van der Waals surface area (Å²) in [7, 11) is 0. The molecule has 0 N–H and O–H groups in total. The van der Waals surface area contributed by atoms with Gasteiger partial charge in [-0.1, -0.05) is 61.9 Å². The Labute approximate surface area is 168 Å². The number of amides is 1. The molecule has 1 atom stereocenters.